The van der Waals surface area contributed by atoms with Crippen LogP contribution in [0.1, 0.15) is 25.5 Å². The fourth-order valence-corrected chi connectivity index (χ4v) is 1.81. The predicted molar refractivity (Wildman–Crippen MR) is 59.5 cm³/mol. The minimum atomic E-state index is -1.06. The van der Waals surface area contributed by atoms with E-state index in [0.717, 1.165) is 0 Å². The van der Waals surface area contributed by atoms with E-state index in [9.17, 15) is 9.50 Å². The molecule has 0 radical (unpaired) electrons. The number of nitrogens with one attached hydrogen (secondary N) is 1. The second kappa shape index (κ2) is 4.47. The van der Waals surface area contributed by atoms with Crippen LogP contribution in [0.3, 0.4) is 0 Å². The first-order valence-corrected chi connectivity index (χ1v) is 5.08. The van der Waals surface area contributed by atoms with Crippen molar-refractivity contribution in [3.63, 3.8) is 0 Å². The van der Waals surface area contributed by atoms with Gasteiger partial charge in [0, 0.05) is 10.6 Å². The van der Waals surface area contributed by atoms with E-state index < -0.39 is 11.6 Å². The van der Waals surface area contributed by atoms with Crippen molar-refractivity contribution in [1.82, 2.24) is 5.32 Å². The third-order valence-electron chi connectivity index (χ3n) is 2.26. The molecular weight excluding hydrogens is 217 g/mol. The van der Waals surface area contributed by atoms with Crippen LogP contribution in [-0.4, -0.2) is 17.8 Å². The molecule has 0 amide bonds. The summed E-state index contributed by atoms with van der Waals surface area (Å²) < 4.78 is 13.5. The maximum absolute atomic E-state index is 13.5. The summed E-state index contributed by atoms with van der Waals surface area (Å²) in [5.41, 5.74) is -0.683. The molecule has 0 heterocycles. The topological polar surface area (TPSA) is 32.3 Å². The van der Waals surface area contributed by atoms with Crippen molar-refractivity contribution >= 4 is 11.6 Å². The Kier molecular flexibility index (Phi) is 3.71. The van der Waals surface area contributed by atoms with Crippen molar-refractivity contribution in [3.8, 4) is 0 Å². The van der Waals surface area contributed by atoms with Crippen molar-refractivity contribution in [2.24, 2.45) is 0 Å². The van der Waals surface area contributed by atoms with Crippen LogP contribution in [-0.2, 0) is 0 Å². The van der Waals surface area contributed by atoms with Crippen LogP contribution in [0.5, 0.6) is 0 Å². The van der Waals surface area contributed by atoms with Crippen molar-refractivity contribution in [2.45, 2.75) is 25.5 Å². The van der Waals surface area contributed by atoms with Crippen molar-refractivity contribution < 1.29 is 9.50 Å². The van der Waals surface area contributed by atoms with Crippen molar-refractivity contribution in [1.29, 1.82) is 0 Å². The Morgan fingerprint density at radius 3 is 2.53 bits per heavy atom. The standard InChI is InChI=1S/C11H15ClFNO/c1-11(2,15)10(14-3)8-6-7(12)4-5-9(8)13/h4-6,10,14-15H,1-3H3. The van der Waals surface area contributed by atoms with E-state index in [4.69, 9.17) is 11.6 Å². The van der Waals surface area contributed by atoms with E-state index in [1.807, 2.05) is 0 Å². The molecule has 0 aliphatic carbocycles. The molecule has 1 rings (SSSR count). The second-order valence-corrected chi connectivity index (χ2v) is 4.48. The Balaban J connectivity index is 3.18. The van der Waals surface area contributed by atoms with Gasteiger partial charge < -0.3 is 10.4 Å². The molecule has 1 unspecified atom stereocenters. The Morgan fingerprint density at radius 1 is 1.47 bits per heavy atom. The zero-order valence-electron chi connectivity index (χ0n) is 9.01. The van der Waals surface area contributed by atoms with E-state index >= 15 is 0 Å². The minimum absolute atomic E-state index is 0.373. The van der Waals surface area contributed by atoms with Gasteiger partial charge in [0.15, 0.2) is 0 Å². The summed E-state index contributed by atoms with van der Waals surface area (Å²) in [7, 11) is 1.67. The first kappa shape index (κ1) is 12.4. The van der Waals surface area contributed by atoms with E-state index in [2.05, 4.69) is 5.32 Å². The Morgan fingerprint density at radius 2 is 2.07 bits per heavy atom. The van der Waals surface area contributed by atoms with Crippen LogP contribution in [0, 0.1) is 5.82 Å². The first-order valence-electron chi connectivity index (χ1n) is 4.71. The van der Waals surface area contributed by atoms with Crippen LogP contribution < -0.4 is 5.32 Å². The molecule has 1 atom stereocenters. The smallest absolute Gasteiger partial charge is 0.128 e. The van der Waals surface area contributed by atoms with Crippen LogP contribution in [0.2, 0.25) is 5.02 Å². The van der Waals surface area contributed by atoms with Gasteiger partial charge in [-0.2, -0.15) is 0 Å². The molecule has 0 saturated heterocycles. The van der Waals surface area contributed by atoms with Gasteiger partial charge in [0.05, 0.1) is 11.6 Å². The highest BCUT2D eigenvalue weighted by molar-refractivity contribution is 6.30. The molecule has 84 valence electrons. The number of aliphatic hydroxyl groups is 1. The van der Waals surface area contributed by atoms with Crippen LogP contribution in [0.4, 0.5) is 4.39 Å². The van der Waals surface area contributed by atoms with Gasteiger partial charge in [0.25, 0.3) is 0 Å². The van der Waals surface area contributed by atoms with Gasteiger partial charge >= 0.3 is 0 Å². The van der Waals surface area contributed by atoms with E-state index in [0.29, 0.717) is 10.6 Å². The van der Waals surface area contributed by atoms with Crippen molar-refractivity contribution in [2.75, 3.05) is 7.05 Å². The molecule has 0 fully saturated rings. The molecule has 0 bridgehead atoms. The maximum atomic E-state index is 13.5. The zero-order valence-corrected chi connectivity index (χ0v) is 9.77. The summed E-state index contributed by atoms with van der Waals surface area (Å²) in [4.78, 5) is 0. The van der Waals surface area contributed by atoms with Crippen LogP contribution >= 0.6 is 11.6 Å². The molecule has 4 heteroatoms. The lowest BCUT2D eigenvalue weighted by molar-refractivity contribution is 0.0387. The van der Waals surface area contributed by atoms with Gasteiger partial charge in [-0.15, -0.1) is 0 Å². The highest BCUT2D eigenvalue weighted by atomic mass is 35.5. The Labute approximate surface area is 94.1 Å². The van der Waals surface area contributed by atoms with Gasteiger partial charge in [0.2, 0.25) is 0 Å². The molecule has 2 N–H and O–H groups in total. The van der Waals surface area contributed by atoms with Gasteiger partial charge in [-0.1, -0.05) is 11.6 Å². The molecule has 0 aliphatic heterocycles. The summed E-state index contributed by atoms with van der Waals surface area (Å²) in [6.45, 7) is 3.24. The molecule has 15 heavy (non-hydrogen) atoms. The third-order valence-corrected chi connectivity index (χ3v) is 2.50. The molecule has 1 aromatic carbocycles. The van der Waals surface area contributed by atoms with Gasteiger partial charge in [0.1, 0.15) is 5.82 Å². The molecule has 0 aromatic heterocycles. The molecule has 1 aromatic rings. The SMILES string of the molecule is CNC(c1cc(Cl)ccc1F)C(C)(C)O. The number of rotatable bonds is 3. The van der Waals surface area contributed by atoms with E-state index in [-0.39, 0.29) is 5.82 Å². The maximum Gasteiger partial charge on any atom is 0.128 e. The molecule has 2 nitrogen and oxygen atoms in total. The van der Waals surface area contributed by atoms with E-state index in [1.165, 1.54) is 18.2 Å². The zero-order chi connectivity index (χ0) is 11.6. The lowest BCUT2D eigenvalue weighted by Crippen LogP contribution is -2.37. The second-order valence-electron chi connectivity index (χ2n) is 4.04. The highest BCUT2D eigenvalue weighted by Gasteiger charge is 2.29. The largest absolute Gasteiger partial charge is 0.388 e. The third kappa shape index (κ3) is 2.91. The summed E-state index contributed by atoms with van der Waals surface area (Å²) in [6.07, 6.45) is 0. The number of hydrogen-bond donors (Lipinski definition) is 2. The monoisotopic (exact) mass is 231 g/mol. The summed E-state index contributed by atoms with van der Waals surface area (Å²) in [5, 5.41) is 13.2. The Hall–Kier alpha value is -0.640. The Bertz CT molecular complexity index is 349. The molecule has 0 aliphatic rings. The number of likely N-dealkylation sites (N-methyl/N-ethyl adjacent to an activating group) is 1. The summed E-state index contributed by atoms with van der Waals surface area (Å²) >= 11 is 5.79. The molecule has 0 spiro atoms. The fraction of sp³-hybridized carbons (Fsp3) is 0.455. The lowest BCUT2D eigenvalue weighted by atomic mass is 9.92. The number of benzene rings is 1. The highest BCUT2D eigenvalue weighted by Crippen LogP contribution is 2.28. The van der Waals surface area contributed by atoms with Crippen molar-refractivity contribution in [3.05, 3.63) is 34.6 Å². The fourth-order valence-electron chi connectivity index (χ4n) is 1.63. The van der Waals surface area contributed by atoms with Gasteiger partial charge in [-0.3, -0.25) is 0 Å². The normalized spacial score (nSPS) is 14.0. The summed E-state index contributed by atoms with van der Waals surface area (Å²) in [5.74, 6) is -0.374. The number of halogens is 2. The average Bonchev–Trinajstić information content (AvgIpc) is 2.10. The van der Waals surface area contributed by atoms with Crippen LogP contribution in [0.25, 0.3) is 0 Å². The van der Waals surface area contributed by atoms with Crippen LogP contribution in [0.15, 0.2) is 18.2 Å². The van der Waals surface area contributed by atoms with Gasteiger partial charge in [-0.25, -0.2) is 4.39 Å². The minimum Gasteiger partial charge on any atom is -0.388 e. The predicted octanol–water partition coefficient (Wildman–Crippen LogP) is 2.51. The van der Waals surface area contributed by atoms with E-state index in [1.54, 1.807) is 20.9 Å². The molecule has 0 saturated carbocycles. The summed E-state index contributed by atoms with van der Waals surface area (Å²) in [6, 6.07) is 3.82. The quantitative estimate of drug-likeness (QED) is 0.838. The lowest BCUT2D eigenvalue weighted by Gasteiger charge is -2.29. The van der Waals surface area contributed by atoms with Gasteiger partial charge in [-0.05, 0) is 39.1 Å². The average molecular weight is 232 g/mol. The number of hydrogen-bond acceptors (Lipinski definition) is 2. The first-order chi connectivity index (χ1) is 6.86. The molecular formula is C11H15ClFNO.